The van der Waals surface area contributed by atoms with E-state index in [2.05, 4.69) is 5.32 Å². The lowest BCUT2D eigenvalue weighted by molar-refractivity contribution is -0.116. The zero-order valence-corrected chi connectivity index (χ0v) is 16.6. The normalized spacial score (nSPS) is 11.4. The zero-order valence-electron chi connectivity index (χ0n) is 14.9. The van der Waals surface area contributed by atoms with Crippen LogP contribution in [0.2, 0.25) is 0 Å². The molecule has 0 aliphatic heterocycles. The van der Waals surface area contributed by atoms with Gasteiger partial charge in [0.2, 0.25) is 15.9 Å². The second-order valence-electron chi connectivity index (χ2n) is 5.41. The van der Waals surface area contributed by atoms with Gasteiger partial charge in [-0.3, -0.25) is 4.79 Å². The minimum Gasteiger partial charge on any atom is -0.497 e. The predicted molar refractivity (Wildman–Crippen MR) is 104 cm³/mol. The molecule has 0 fully saturated rings. The number of amides is 1. The fourth-order valence-electron chi connectivity index (χ4n) is 2.26. The van der Waals surface area contributed by atoms with E-state index in [4.69, 9.17) is 4.74 Å². The quantitative estimate of drug-likeness (QED) is 0.697. The highest BCUT2D eigenvalue weighted by atomic mass is 32.2. The first-order valence-electron chi connectivity index (χ1n) is 8.00. The van der Waals surface area contributed by atoms with E-state index in [-0.39, 0.29) is 11.4 Å². The largest absolute Gasteiger partial charge is 0.497 e. The van der Waals surface area contributed by atoms with Gasteiger partial charge in [-0.1, -0.05) is 19.1 Å². The van der Waals surface area contributed by atoms with E-state index in [9.17, 15) is 13.2 Å². The average Bonchev–Trinajstić information content (AvgIpc) is 2.63. The van der Waals surface area contributed by atoms with Crippen molar-refractivity contribution in [2.24, 2.45) is 0 Å². The van der Waals surface area contributed by atoms with Crippen LogP contribution in [0.15, 0.2) is 58.3 Å². The Morgan fingerprint density at radius 2 is 1.81 bits per heavy atom. The number of hydrogen-bond donors (Lipinski definition) is 1. The SMILES string of the molecule is CCSc1ccccc1NC(=O)CN(C)S(=O)(=O)c1ccc(OC)cc1. The molecule has 2 aromatic carbocycles. The Kier molecular flexibility index (Phi) is 7.07. The van der Waals surface area contributed by atoms with Gasteiger partial charge in [0.15, 0.2) is 0 Å². The molecule has 1 amide bonds. The van der Waals surface area contributed by atoms with E-state index in [1.807, 2.05) is 25.1 Å². The summed E-state index contributed by atoms with van der Waals surface area (Å²) in [6.45, 7) is 1.75. The van der Waals surface area contributed by atoms with Crippen LogP contribution in [0, 0.1) is 0 Å². The number of thioether (sulfide) groups is 1. The van der Waals surface area contributed by atoms with E-state index in [0.29, 0.717) is 11.4 Å². The van der Waals surface area contributed by atoms with Crippen LogP contribution in [-0.4, -0.2) is 45.1 Å². The fourth-order valence-corrected chi connectivity index (χ4v) is 4.14. The number of anilines is 1. The molecule has 0 saturated carbocycles. The summed E-state index contributed by atoms with van der Waals surface area (Å²) < 4.78 is 31.2. The third kappa shape index (κ3) is 5.00. The van der Waals surface area contributed by atoms with Crippen molar-refractivity contribution in [1.29, 1.82) is 0 Å². The molecular weight excluding hydrogens is 372 g/mol. The Morgan fingerprint density at radius 3 is 2.42 bits per heavy atom. The molecular formula is C18H22N2O4S2. The number of rotatable bonds is 8. The van der Waals surface area contributed by atoms with Gasteiger partial charge in [-0.25, -0.2) is 8.42 Å². The van der Waals surface area contributed by atoms with E-state index < -0.39 is 15.9 Å². The van der Waals surface area contributed by atoms with Crippen molar-refractivity contribution in [2.45, 2.75) is 16.7 Å². The van der Waals surface area contributed by atoms with E-state index >= 15 is 0 Å². The van der Waals surface area contributed by atoms with Crippen LogP contribution in [-0.2, 0) is 14.8 Å². The van der Waals surface area contributed by atoms with Crippen LogP contribution in [0.3, 0.4) is 0 Å². The topological polar surface area (TPSA) is 75.7 Å². The number of benzene rings is 2. The Balaban J connectivity index is 2.08. The number of sulfonamides is 1. The lowest BCUT2D eigenvalue weighted by Gasteiger charge is -2.18. The molecule has 0 aliphatic rings. The molecule has 0 saturated heterocycles. The minimum absolute atomic E-state index is 0.107. The van der Waals surface area contributed by atoms with Crippen LogP contribution < -0.4 is 10.1 Å². The van der Waals surface area contributed by atoms with Crippen LogP contribution >= 0.6 is 11.8 Å². The lowest BCUT2D eigenvalue weighted by Crippen LogP contribution is -2.35. The number of likely N-dealkylation sites (N-methyl/N-ethyl adjacent to an activating group) is 1. The van der Waals surface area contributed by atoms with Gasteiger partial charge in [-0.2, -0.15) is 4.31 Å². The summed E-state index contributed by atoms with van der Waals surface area (Å²) in [7, 11) is -0.871. The predicted octanol–water partition coefficient (Wildman–Crippen LogP) is 3.07. The number of methoxy groups -OCH3 is 1. The van der Waals surface area contributed by atoms with E-state index in [1.165, 1.54) is 26.3 Å². The van der Waals surface area contributed by atoms with Crippen LogP contribution in [0.1, 0.15) is 6.92 Å². The molecule has 0 heterocycles. The highest BCUT2D eigenvalue weighted by Gasteiger charge is 2.23. The molecule has 26 heavy (non-hydrogen) atoms. The number of para-hydroxylation sites is 1. The molecule has 1 N–H and O–H groups in total. The van der Waals surface area contributed by atoms with Gasteiger partial charge >= 0.3 is 0 Å². The third-order valence-corrected chi connectivity index (χ3v) is 6.37. The molecule has 0 aliphatic carbocycles. The molecule has 2 rings (SSSR count). The van der Waals surface area contributed by atoms with Crippen LogP contribution in [0.25, 0.3) is 0 Å². The number of carbonyl (C=O) groups excluding carboxylic acids is 1. The second kappa shape index (κ2) is 9.07. The monoisotopic (exact) mass is 394 g/mol. The molecule has 6 nitrogen and oxygen atoms in total. The summed E-state index contributed by atoms with van der Waals surface area (Å²) in [5.74, 6) is 1.04. The van der Waals surface area contributed by atoms with Crippen molar-refractivity contribution in [1.82, 2.24) is 4.31 Å². The molecule has 0 unspecified atom stereocenters. The van der Waals surface area contributed by atoms with Crippen molar-refractivity contribution < 1.29 is 17.9 Å². The van der Waals surface area contributed by atoms with Gasteiger partial charge in [-0.05, 0) is 42.2 Å². The van der Waals surface area contributed by atoms with Crippen molar-refractivity contribution in [2.75, 3.05) is 31.8 Å². The Morgan fingerprint density at radius 1 is 1.15 bits per heavy atom. The maximum absolute atomic E-state index is 12.6. The minimum atomic E-state index is -3.76. The second-order valence-corrected chi connectivity index (χ2v) is 8.76. The van der Waals surface area contributed by atoms with Crippen molar-refractivity contribution in [3.05, 3.63) is 48.5 Å². The van der Waals surface area contributed by atoms with Gasteiger partial charge in [0.05, 0.1) is 24.2 Å². The zero-order chi connectivity index (χ0) is 19.2. The average molecular weight is 395 g/mol. The van der Waals surface area contributed by atoms with Gasteiger partial charge in [0, 0.05) is 11.9 Å². The Hall–Kier alpha value is -2.03. The molecule has 8 heteroatoms. The molecule has 0 aromatic heterocycles. The standard InChI is InChI=1S/C18H22N2O4S2/c1-4-25-17-8-6-5-7-16(17)19-18(21)13-20(2)26(22,23)15-11-9-14(24-3)10-12-15/h5-12H,4,13H2,1-3H3,(H,19,21). The summed E-state index contributed by atoms with van der Waals surface area (Å²) in [5, 5.41) is 2.78. The van der Waals surface area contributed by atoms with Crippen molar-refractivity contribution in [3.63, 3.8) is 0 Å². The van der Waals surface area contributed by atoms with Gasteiger partial charge in [0.25, 0.3) is 0 Å². The summed E-state index contributed by atoms with van der Waals surface area (Å²) in [6.07, 6.45) is 0. The summed E-state index contributed by atoms with van der Waals surface area (Å²) in [4.78, 5) is 13.4. The highest BCUT2D eigenvalue weighted by Crippen LogP contribution is 2.26. The first-order chi connectivity index (χ1) is 12.4. The molecule has 140 valence electrons. The summed E-state index contributed by atoms with van der Waals surface area (Å²) >= 11 is 1.61. The van der Waals surface area contributed by atoms with Crippen molar-refractivity contribution >= 4 is 33.4 Å². The van der Waals surface area contributed by atoms with Crippen LogP contribution in [0.5, 0.6) is 5.75 Å². The number of nitrogens with one attached hydrogen (secondary N) is 1. The van der Waals surface area contributed by atoms with Gasteiger partial charge in [0.1, 0.15) is 5.75 Å². The van der Waals surface area contributed by atoms with Crippen molar-refractivity contribution in [3.8, 4) is 5.75 Å². The molecule has 0 radical (unpaired) electrons. The molecule has 0 bridgehead atoms. The molecule has 2 aromatic rings. The first-order valence-corrected chi connectivity index (χ1v) is 10.4. The first kappa shape index (κ1) is 20.3. The number of hydrogen-bond acceptors (Lipinski definition) is 5. The molecule has 0 atom stereocenters. The highest BCUT2D eigenvalue weighted by molar-refractivity contribution is 7.99. The lowest BCUT2D eigenvalue weighted by atomic mass is 10.3. The van der Waals surface area contributed by atoms with Crippen LogP contribution in [0.4, 0.5) is 5.69 Å². The Labute approximate surface area is 158 Å². The summed E-state index contributed by atoms with van der Waals surface area (Å²) in [6, 6.07) is 13.5. The third-order valence-electron chi connectivity index (χ3n) is 3.59. The maximum atomic E-state index is 12.6. The number of carbonyl (C=O) groups is 1. The number of nitrogens with zero attached hydrogens (tertiary/aromatic N) is 1. The van der Waals surface area contributed by atoms with Gasteiger partial charge < -0.3 is 10.1 Å². The summed E-state index contributed by atoms with van der Waals surface area (Å²) in [5.41, 5.74) is 0.680. The fraction of sp³-hybridized carbons (Fsp3) is 0.278. The van der Waals surface area contributed by atoms with Gasteiger partial charge in [-0.15, -0.1) is 11.8 Å². The van der Waals surface area contributed by atoms with E-state index in [1.54, 1.807) is 30.0 Å². The molecule has 0 spiro atoms. The smallest absolute Gasteiger partial charge is 0.243 e. The maximum Gasteiger partial charge on any atom is 0.243 e. The van der Waals surface area contributed by atoms with E-state index in [0.717, 1.165) is 15.0 Å². The number of ether oxygens (including phenoxy) is 1. The Bertz CT molecular complexity index is 852.